The standard InChI is InChI=1S/C30H44O5Si/c1-30(2,3)36(5,6)35-25(21-34-24-13-8-7-9-14-24)18-16-22-17-19-26-27(22)20-23(29(26)32)12-10-11-15-28(31)33-4/h7-9,12-14,16,18,22,25-27H,10-11,15,17,19-21H2,1-6H3. The Labute approximate surface area is 218 Å². The molecule has 2 aliphatic rings. The minimum atomic E-state index is -1.99. The van der Waals surface area contributed by atoms with Gasteiger partial charge >= 0.3 is 5.97 Å². The molecule has 4 unspecified atom stereocenters. The van der Waals surface area contributed by atoms with Gasteiger partial charge < -0.3 is 13.9 Å². The molecule has 1 aromatic rings. The number of para-hydroxylation sites is 1. The van der Waals surface area contributed by atoms with Crippen LogP contribution in [-0.2, 0) is 18.8 Å². The Bertz CT molecular complexity index is 944. The number of Topliss-reactive ketones (excluding diaryl/α,β-unsaturated/α-hetero) is 1. The monoisotopic (exact) mass is 512 g/mol. The number of fused-ring (bicyclic) bond motifs is 1. The Balaban J connectivity index is 1.65. The summed E-state index contributed by atoms with van der Waals surface area (Å²) in [6, 6.07) is 9.88. The molecule has 6 heteroatoms. The average Bonchev–Trinajstić information content (AvgIpc) is 3.37. The lowest BCUT2D eigenvalue weighted by molar-refractivity contribution is -0.140. The number of ketones is 1. The van der Waals surface area contributed by atoms with E-state index in [0.29, 0.717) is 30.6 Å². The fourth-order valence-corrected chi connectivity index (χ4v) is 6.26. The predicted octanol–water partition coefficient (Wildman–Crippen LogP) is 6.90. The quantitative estimate of drug-likeness (QED) is 0.106. The Morgan fingerprint density at radius 3 is 2.56 bits per heavy atom. The van der Waals surface area contributed by atoms with Gasteiger partial charge in [-0.2, -0.15) is 0 Å². The molecule has 3 rings (SSSR count). The summed E-state index contributed by atoms with van der Waals surface area (Å²) in [6.07, 6.45) is 11.1. The molecule has 0 bridgehead atoms. The third-order valence-corrected chi connectivity index (χ3v) is 12.7. The number of unbranched alkanes of at least 4 members (excludes halogenated alkanes) is 1. The average molecular weight is 513 g/mol. The van der Waals surface area contributed by atoms with Crippen molar-refractivity contribution in [2.75, 3.05) is 13.7 Å². The van der Waals surface area contributed by atoms with E-state index < -0.39 is 8.32 Å². The van der Waals surface area contributed by atoms with Crippen LogP contribution in [0.3, 0.4) is 0 Å². The summed E-state index contributed by atoms with van der Waals surface area (Å²) in [6.45, 7) is 11.8. The van der Waals surface area contributed by atoms with Gasteiger partial charge in [-0.25, -0.2) is 0 Å². The van der Waals surface area contributed by atoms with Gasteiger partial charge in [-0.05, 0) is 79.8 Å². The highest BCUT2D eigenvalue weighted by Gasteiger charge is 2.45. The van der Waals surface area contributed by atoms with E-state index in [1.807, 2.05) is 30.3 Å². The highest BCUT2D eigenvalue weighted by Crippen LogP contribution is 2.48. The van der Waals surface area contributed by atoms with Crippen molar-refractivity contribution in [3.8, 4) is 5.75 Å². The minimum absolute atomic E-state index is 0.107. The van der Waals surface area contributed by atoms with E-state index in [2.05, 4.69) is 52.1 Å². The van der Waals surface area contributed by atoms with Crippen LogP contribution >= 0.6 is 0 Å². The van der Waals surface area contributed by atoms with Crippen LogP contribution in [0.2, 0.25) is 18.1 Å². The molecule has 0 saturated heterocycles. The predicted molar refractivity (Wildman–Crippen MR) is 146 cm³/mol. The zero-order valence-corrected chi connectivity index (χ0v) is 23.9. The molecule has 0 spiro atoms. The summed E-state index contributed by atoms with van der Waals surface area (Å²) in [5, 5.41) is 0.107. The van der Waals surface area contributed by atoms with Crippen molar-refractivity contribution in [1.29, 1.82) is 0 Å². The fourth-order valence-electron chi connectivity index (χ4n) is 5.00. The lowest BCUT2D eigenvalue weighted by atomic mass is 9.91. The first kappa shape index (κ1) is 28.4. The molecule has 1 aromatic carbocycles. The number of methoxy groups -OCH3 is 1. The summed E-state index contributed by atoms with van der Waals surface area (Å²) in [5.74, 6) is 1.84. The largest absolute Gasteiger partial charge is 0.491 e. The Kier molecular flexibility index (Phi) is 9.76. The van der Waals surface area contributed by atoms with E-state index in [1.165, 1.54) is 7.11 Å². The molecule has 198 valence electrons. The Morgan fingerprint density at radius 2 is 1.89 bits per heavy atom. The van der Waals surface area contributed by atoms with Crippen molar-refractivity contribution in [2.45, 2.75) is 83.5 Å². The lowest BCUT2D eigenvalue weighted by Crippen LogP contribution is -2.44. The van der Waals surface area contributed by atoms with E-state index in [0.717, 1.165) is 43.4 Å². The highest BCUT2D eigenvalue weighted by atomic mass is 28.4. The second-order valence-corrected chi connectivity index (χ2v) is 16.5. The summed E-state index contributed by atoms with van der Waals surface area (Å²) in [5.41, 5.74) is 0.953. The molecule has 5 nitrogen and oxygen atoms in total. The third kappa shape index (κ3) is 7.42. The second-order valence-electron chi connectivity index (χ2n) is 11.7. The van der Waals surface area contributed by atoms with E-state index in [9.17, 15) is 9.59 Å². The van der Waals surface area contributed by atoms with E-state index in [1.54, 1.807) is 0 Å². The van der Waals surface area contributed by atoms with Gasteiger partial charge in [0.15, 0.2) is 14.1 Å². The second kappa shape index (κ2) is 12.4. The van der Waals surface area contributed by atoms with Crippen molar-refractivity contribution in [3.63, 3.8) is 0 Å². The number of esters is 1. The molecule has 2 aliphatic carbocycles. The van der Waals surface area contributed by atoms with Gasteiger partial charge in [-0.3, -0.25) is 9.59 Å². The van der Waals surface area contributed by atoms with E-state index >= 15 is 0 Å². The highest BCUT2D eigenvalue weighted by molar-refractivity contribution is 6.74. The fraction of sp³-hybridized carbons (Fsp3) is 0.600. The van der Waals surface area contributed by atoms with Crippen molar-refractivity contribution in [1.82, 2.24) is 0 Å². The summed E-state index contributed by atoms with van der Waals surface area (Å²) in [7, 11) is -0.580. The maximum Gasteiger partial charge on any atom is 0.305 e. The number of hydrogen-bond acceptors (Lipinski definition) is 5. The number of rotatable bonds is 11. The number of benzene rings is 1. The number of ether oxygens (including phenoxy) is 2. The van der Waals surface area contributed by atoms with Crippen LogP contribution in [0, 0.1) is 17.8 Å². The summed E-state index contributed by atoms with van der Waals surface area (Å²) in [4.78, 5) is 24.3. The minimum Gasteiger partial charge on any atom is -0.491 e. The van der Waals surface area contributed by atoms with Crippen LogP contribution in [0.15, 0.2) is 54.1 Å². The molecule has 0 N–H and O–H groups in total. The van der Waals surface area contributed by atoms with Crippen LogP contribution in [-0.4, -0.2) is 39.9 Å². The molecule has 0 aliphatic heterocycles. The molecule has 2 fully saturated rings. The Hall–Kier alpha value is -2.18. The zero-order valence-electron chi connectivity index (χ0n) is 22.9. The van der Waals surface area contributed by atoms with Crippen LogP contribution < -0.4 is 4.74 Å². The van der Waals surface area contributed by atoms with E-state index in [-0.39, 0.29) is 23.0 Å². The van der Waals surface area contributed by atoms with Crippen LogP contribution in [0.1, 0.15) is 59.3 Å². The number of carbonyl (C=O) groups excluding carboxylic acids is 2. The van der Waals surface area contributed by atoms with Gasteiger partial charge in [0.1, 0.15) is 12.4 Å². The Morgan fingerprint density at radius 1 is 1.17 bits per heavy atom. The molecule has 0 heterocycles. The molecule has 0 amide bonds. The number of carbonyl (C=O) groups is 2. The van der Waals surface area contributed by atoms with Crippen LogP contribution in [0.4, 0.5) is 0 Å². The lowest BCUT2D eigenvalue weighted by Gasteiger charge is -2.38. The number of allylic oxidation sites excluding steroid dienone is 3. The molecule has 2 saturated carbocycles. The van der Waals surface area contributed by atoms with Crippen molar-refractivity contribution in [2.24, 2.45) is 17.8 Å². The summed E-state index contributed by atoms with van der Waals surface area (Å²) < 4.78 is 17.5. The van der Waals surface area contributed by atoms with Gasteiger partial charge in [0.05, 0.1) is 13.2 Å². The molecule has 36 heavy (non-hydrogen) atoms. The van der Waals surface area contributed by atoms with Gasteiger partial charge in [0.2, 0.25) is 0 Å². The van der Waals surface area contributed by atoms with Crippen molar-refractivity contribution < 1.29 is 23.5 Å². The normalized spacial score (nSPS) is 24.3. The van der Waals surface area contributed by atoms with Gasteiger partial charge in [0.25, 0.3) is 0 Å². The summed E-state index contributed by atoms with van der Waals surface area (Å²) >= 11 is 0. The van der Waals surface area contributed by atoms with Gasteiger partial charge in [0, 0.05) is 12.3 Å². The smallest absolute Gasteiger partial charge is 0.305 e. The van der Waals surface area contributed by atoms with Crippen LogP contribution in [0.5, 0.6) is 5.75 Å². The third-order valence-electron chi connectivity index (χ3n) is 8.17. The molecule has 4 atom stereocenters. The SMILES string of the molecule is COC(=O)CCCC=C1CC2C(C=CC(COc3ccccc3)O[Si](C)(C)C(C)(C)C)CCC2C1=O. The maximum absolute atomic E-state index is 13.0. The first-order chi connectivity index (χ1) is 17.0. The zero-order chi connectivity index (χ0) is 26.3. The molecule has 0 radical (unpaired) electrons. The van der Waals surface area contributed by atoms with Gasteiger partial charge in [-0.1, -0.05) is 57.2 Å². The first-order valence-corrected chi connectivity index (χ1v) is 16.3. The molecule has 0 aromatic heterocycles. The number of hydrogen-bond donors (Lipinski definition) is 0. The topological polar surface area (TPSA) is 61.8 Å². The van der Waals surface area contributed by atoms with Crippen molar-refractivity contribution in [3.05, 3.63) is 54.1 Å². The van der Waals surface area contributed by atoms with Crippen LogP contribution in [0.25, 0.3) is 0 Å². The van der Waals surface area contributed by atoms with Crippen molar-refractivity contribution >= 4 is 20.1 Å². The molecular weight excluding hydrogens is 468 g/mol. The van der Waals surface area contributed by atoms with Gasteiger partial charge in [-0.15, -0.1) is 0 Å². The molecular formula is C30H44O5Si. The maximum atomic E-state index is 13.0. The van der Waals surface area contributed by atoms with E-state index in [4.69, 9.17) is 13.9 Å². The first-order valence-electron chi connectivity index (χ1n) is 13.4.